The van der Waals surface area contributed by atoms with E-state index in [0.717, 1.165) is 18.7 Å². The van der Waals surface area contributed by atoms with Crippen LogP contribution in [0.2, 0.25) is 5.02 Å². The Morgan fingerprint density at radius 3 is 3.00 bits per heavy atom. The first-order valence-corrected chi connectivity index (χ1v) is 4.88. The minimum Gasteiger partial charge on any atom is -0.385 e. The molecule has 0 aliphatic heterocycles. The van der Waals surface area contributed by atoms with Crippen LogP contribution in [0.1, 0.15) is 12.1 Å². The summed E-state index contributed by atoms with van der Waals surface area (Å²) < 4.78 is 10.3. The van der Waals surface area contributed by atoms with E-state index in [4.69, 9.17) is 21.1 Å². The van der Waals surface area contributed by atoms with Crippen LogP contribution in [-0.4, -0.2) is 25.3 Å². The number of pyridine rings is 1. The molecule has 0 radical (unpaired) electrons. The lowest BCUT2D eigenvalue weighted by molar-refractivity contribution is 0.0910. The highest BCUT2D eigenvalue weighted by molar-refractivity contribution is 6.30. The van der Waals surface area contributed by atoms with E-state index in [0.29, 0.717) is 18.2 Å². The fraction of sp³-hybridized carbons (Fsp3) is 0.500. The number of methoxy groups -OCH3 is 1. The topological polar surface area (TPSA) is 31.4 Å². The molecule has 14 heavy (non-hydrogen) atoms. The lowest BCUT2D eigenvalue weighted by Gasteiger charge is -2.03. The molecule has 0 saturated heterocycles. The molecule has 0 atom stereocenters. The van der Waals surface area contributed by atoms with Gasteiger partial charge in [0.2, 0.25) is 0 Å². The molecular weight excluding hydrogens is 202 g/mol. The Labute approximate surface area is 89.0 Å². The third-order valence-electron chi connectivity index (χ3n) is 1.67. The zero-order valence-corrected chi connectivity index (χ0v) is 8.96. The number of aromatic nitrogens is 1. The molecule has 0 N–H and O–H groups in total. The van der Waals surface area contributed by atoms with E-state index in [1.54, 1.807) is 25.4 Å². The summed E-state index contributed by atoms with van der Waals surface area (Å²) in [7, 11) is 1.68. The molecule has 0 spiro atoms. The van der Waals surface area contributed by atoms with Crippen molar-refractivity contribution < 1.29 is 9.47 Å². The maximum Gasteiger partial charge on any atom is 0.0888 e. The van der Waals surface area contributed by atoms with Crippen molar-refractivity contribution in [2.45, 2.75) is 13.0 Å². The van der Waals surface area contributed by atoms with Crippen LogP contribution in [0.5, 0.6) is 0 Å². The summed E-state index contributed by atoms with van der Waals surface area (Å²) in [5, 5.41) is 0.690. The van der Waals surface area contributed by atoms with Crippen molar-refractivity contribution in [1.29, 1.82) is 0 Å². The smallest absolute Gasteiger partial charge is 0.0888 e. The Morgan fingerprint density at radius 1 is 1.43 bits per heavy atom. The van der Waals surface area contributed by atoms with E-state index in [1.165, 1.54) is 0 Å². The highest BCUT2D eigenvalue weighted by Crippen LogP contribution is 2.08. The first-order chi connectivity index (χ1) is 6.83. The molecule has 0 aromatic carbocycles. The van der Waals surface area contributed by atoms with E-state index < -0.39 is 0 Å². The zero-order valence-electron chi connectivity index (χ0n) is 8.20. The minimum absolute atomic E-state index is 0.504. The Morgan fingerprint density at radius 2 is 2.29 bits per heavy atom. The van der Waals surface area contributed by atoms with Gasteiger partial charge in [-0.3, -0.25) is 4.98 Å². The predicted octanol–water partition coefficient (Wildman–Crippen LogP) is 2.29. The predicted molar refractivity (Wildman–Crippen MR) is 55.4 cm³/mol. The van der Waals surface area contributed by atoms with Crippen molar-refractivity contribution in [3.8, 4) is 0 Å². The average Bonchev–Trinajstić information content (AvgIpc) is 2.18. The van der Waals surface area contributed by atoms with E-state index >= 15 is 0 Å². The quantitative estimate of drug-likeness (QED) is 0.683. The third kappa shape index (κ3) is 4.56. The van der Waals surface area contributed by atoms with Gasteiger partial charge in [-0.1, -0.05) is 11.6 Å². The van der Waals surface area contributed by atoms with Gasteiger partial charge >= 0.3 is 0 Å². The Kier molecular flexibility index (Phi) is 5.52. The van der Waals surface area contributed by atoms with Gasteiger partial charge in [-0.05, 0) is 18.6 Å². The van der Waals surface area contributed by atoms with Crippen LogP contribution >= 0.6 is 11.6 Å². The number of rotatable bonds is 6. The maximum atomic E-state index is 5.79. The lowest BCUT2D eigenvalue weighted by Crippen LogP contribution is -2.00. The fourth-order valence-electron chi connectivity index (χ4n) is 1.01. The minimum atomic E-state index is 0.504. The second-order valence-corrected chi connectivity index (χ2v) is 3.30. The molecule has 0 unspecified atom stereocenters. The standard InChI is InChI=1S/C10H14ClNO2/c1-13-5-2-6-14-8-10-7-9(11)3-4-12-10/h3-4,7H,2,5-6,8H2,1H3. The number of nitrogens with zero attached hydrogens (tertiary/aromatic N) is 1. The van der Waals surface area contributed by atoms with Crippen molar-refractivity contribution in [1.82, 2.24) is 4.98 Å². The van der Waals surface area contributed by atoms with Gasteiger partial charge in [0.1, 0.15) is 0 Å². The second-order valence-electron chi connectivity index (χ2n) is 2.86. The van der Waals surface area contributed by atoms with Crippen LogP contribution in [0.4, 0.5) is 0 Å². The van der Waals surface area contributed by atoms with Gasteiger partial charge in [0.05, 0.1) is 12.3 Å². The first-order valence-electron chi connectivity index (χ1n) is 4.50. The highest BCUT2D eigenvalue weighted by Gasteiger charge is 1.95. The van der Waals surface area contributed by atoms with E-state index in [1.807, 2.05) is 0 Å². The number of hydrogen-bond acceptors (Lipinski definition) is 3. The summed E-state index contributed by atoms with van der Waals surface area (Å²) in [5.74, 6) is 0. The summed E-state index contributed by atoms with van der Waals surface area (Å²) in [5.41, 5.74) is 0.856. The number of ether oxygens (including phenoxy) is 2. The molecule has 1 heterocycles. The van der Waals surface area contributed by atoms with Crippen molar-refractivity contribution in [3.05, 3.63) is 29.0 Å². The molecule has 1 aromatic rings. The van der Waals surface area contributed by atoms with Crippen LogP contribution in [0.25, 0.3) is 0 Å². The largest absolute Gasteiger partial charge is 0.385 e. The van der Waals surface area contributed by atoms with Crippen LogP contribution < -0.4 is 0 Å². The lowest BCUT2D eigenvalue weighted by atomic mass is 10.4. The monoisotopic (exact) mass is 215 g/mol. The summed E-state index contributed by atoms with van der Waals surface area (Å²) in [6, 6.07) is 3.55. The van der Waals surface area contributed by atoms with Gasteiger partial charge in [0, 0.05) is 31.5 Å². The SMILES string of the molecule is COCCCOCc1cc(Cl)ccn1. The van der Waals surface area contributed by atoms with Crippen molar-refractivity contribution >= 4 is 11.6 Å². The highest BCUT2D eigenvalue weighted by atomic mass is 35.5. The number of halogens is 1. The molecular formula is C10H14ClNO2. The molecule has 3 nitrogen and oxygen atoms in total. The van der Waals surface area contributed by atoms with E-state index in [9.17, 15) is 0 Å². The van der Waals surface area contributed by atoms with E-state index in [2.05, 4.69) is 4.98 Å². The normalized spacial score (nSPS) is 10.4. The Balaban J connectivity index is 2.18. The third-order valence-corrected chi connectivity index (χ3v) is 1.90. The molecule has 0 saturated carbocycles. The van der Waals surface area contributed by atoms with Gasteiger partial charge in [0.15, 0.2) is 0 Å². The van der Waals surface area contributed by atoms with Crippen LogP contribution in [0.3, 0.4) is 0 Å². The van der Waals surface area contributed by atoms with Crippen LogP contribution in [0, 0.1) is 0 Å². The first kappa shape index (κ1) is 11.4. The molecule has 4 heteroatoms. The van der Waals surface area contributed by atoms with Gasteiger partial charge in [-0.2, -0.15) is 0 Å². The van der Waals surface area contributed by atoms with Crippen LogP contribution in [0.15, 0.2) is 18.3 Å². The summed E-state index contributed by atoms with van der Waals surface area (Å²) in [4.78, 5) is 4.12. The van der Waals surface area contributed by atoms with Crippen LogP contribution in [-0.2, 0) is 16.1 Å². The molecule has 0 amide bonds. The van der Waals surface area contributed by atoms with Gasteiger partial charge in [-0.25, -0.2) is 0 Å². The fourth-order valence-corrected chi connectivity index (χ4v) is 1.19. The van der Waals surface area contributed by atoms with Crippen molar-refractivity contribution in [2.24, 2.45) is 0 Å². The zero-order chi connectivity index (χ0) is 10.2. The Bertz CT molecular complexity index is 268. The molecule has 1 aromatic heterocycles. The molecule has 0 fully saturated rings. The average molecular weight is 216 g/mol. The number of hydrogen-bond donors (Lipinski definition) is 0. The molecule has 0 bridgehead atoms. The van der Waals surface area contributed by atoms with E-state index in [-0.39, 0.29) is 0 Å². The Hall–Kier alpha value is -0.640. The maximum absolute atomic E-state index is 5.79. The summed E-state index contributed by atoms with van der Waals surface area (Å²) in [6.45, 7) is 1.91. The van der Waals surface area contributed by atoms with Crippen molar-refractivity contribution in [2.75, 3.05) is 20.3 Å². The molecule has 0 aliphatic rings. The molecule has 0 aliphatic carbocycles. The summed E-state index contributed by atoms with van der Waals surface area (Å²) >= 11 is 5.79. The van der Waals surface area contributed by atoms with Crippen molar-refractivity contribution in [3.63, 3.8) is 0 Å². The second kappa shape index (κ2) is 6.76. The summed E-state index contributed by atoms with van der Waals surface area (Å²) in [6.07, 6.45) is 2.58. The van der Waals surface area contributed by atoms with Gasteiger partial charge < -0.3 is 9.47 Å². The van der Waals surface area contributed by atoms with Gasteiger partial charge in [-0.15, -0.1) is 0 Å². The molecule has 1 rings (SSSR count). The van der Waals surface area contributed by atoms with Gasteiger partial charge in [0.25, 0.3) is 0 Å². The molecule has 78 valence electrons.